The van der Waals surface area contributed by atoms with Crippen molar-refractivity contribution in [2.75, 3.05) is 0 Å². The summed E-state index contributed by atoms with van der Waals surface area (Å²) in [7, 11) is 0. The Morgan fingerprint density at radius 2 is 0.891 bits per heavy atom. The number of nitriles is 1. The molecule has 0 fully saturated rings. The third kappa shape index (κ3) is 5.57. The molecular formula is C52H33N3. The molecular weight excluding hydrogens is 667 g/mol. The maximum Gasteiger partial charge on any atom is 0.145 e. The minimum Gasteiger partial charge on any atom is -0.292 e. The van der Waals surface area contributed by atoms with Crippen LogP contribution in [0, 0.1) is 11.3 Å². The van der Waals surface area contributed by atoms with Crippen molar-refractivity contribution in [2.24, 2.45) is 0 Å². The van der Waals surface area contributed by atoms with Gasteiger partial charge in [-0.2, -0.15) is 5.26 Å². The highest BCUT2D eigenvalue weighted by Crippen LogP contribution is 2.45. The first-order valence-corrected chi connectivity index (χ1v) is 18.5. The highest BCUT2D eigenvalue weighted by Gasteiger charge is 2.23. The number of nitrogens with zero attached hydrogens (tertiary/aromatic N) is 3. The number of hydrogen-bond donors (Lipinski definition) is 0. The van der Waals surface area contributed by atoms with Gasteiger partial charge in [-0.15, -0.1) is 0 Å². The maximum atomic E-state index is 9.57. The topological polar surface area (TPSA) is 41.6 Å². The van der Waals surface area contributed by atoms with E-state index in [0.29, 0.717) is 5.56 Å². The van der Waals surface area contributed by atoms with E-state index in [4.69, 9.17) is 4.98 Å². The quantitative estimate of drug-likeness (QED) is 0.162. The van der Waals surface area contributed by atoms with E-state index >= 15 is 0 Å². The Hall–Kier alpha value is -7.54. The monoisotopic (exact) mass is 699 g/mol. The normalized spacial score (nSPS) is 11.3. The smallest absolute Gasteiger partial charge is 0.145 e. The highest BCUT2D eigenvalue weighted by molar-refractivity contribution is 6.21. The van der Waals surface area contributed by atoms with Crippen LogP contribution in [0.15, 0.2) is 200 Å². The van der Waals surface area contributed by atoms with Gasteiger partial charge in [0.15, 0.2) is 0 Å². The zero-order valence-corrected chi connectivity index (χ0v) is 29.9. The third-order valence-electron chi connectivity index (χ3n) is 10.6. The molecule has 1 aromatic heterocycles. The summed E-state index contributed by atoms with van der Waals surface area (Å²) >= 11 is 0. The Morgan fingerprint density at radius 1 is 0.400 bits per heavy atom. The van der Waals surface area contributed by atoms with E-state index in [0.717, 1.165) is 45.2 Å². The summed E-state index contributed by atoms with van der Waals surface area (Å²) in [5.41, 5.74) is 11.4. The van der Waals surface area contributed by atoms with Gasteiger partial charge in [-0.3, -0.25) is 4.57 Å². The first-order chi connectivity index (χ1) is 27.2. The zero-order valence-electron chi connectivity index (χ0n) is 29.9. The second-order valence-electron chi connectivity index (χ2n) is 13.8. The van der Waals surface area contributed by atoms with Crippen molar-refractivity contribution in [1.29, 1.82) is 5.26 Å². The van der Waals surface area contributed by atoms with Gasteiger partial charge in [0.1, 0.15) is 5.82 Å². The van der Waals surface area contributed by atoms with Crippen molar-refractivity contribution in [2.45, 2.75) is 0 Å². The van der Waals surface area contributed by atoms with Gasteiger partial charge in [-0.1, -0.05) is 158 Å². The summed E-state index contributed by atoms with van der Waals surface area (Å²) in [5, 5.41) is 16.9. The van der Waals surface area contributed by atoms with Crippen LogP contribution in [0.2, 0.25) is 0 Å². The molecule has 0 N–H and O–H groups in total. The standard InChI is InChI=1S/C52H33N3/c53-34-35-23-25-40(26-24-35)52-54-50(38-14-3-1-4-15-38)51(39-16-5-2-6-17-39)55(52)43-31-29-37(30-32-43)48-44-19-9-11-21-46(44)49(47-22-12-10-20-45(47)48)42-28-27-36-13-7-8-18-41(36)33-42/h1-33H. The first-order valence-electron chi connectivity index (χ1n) is 18.5. The summed E-state index contributed by atoms with van der Waals surface area (Å²) in [6.45, 7) is 0. The van der Waals surface area contributed by atoms with Crippen molar-refractivity contribution < 1.29 is 0 Å². The SMILES string of the molecule is N#Cc1ccc(-c2nc(-c3ccccc3)c(-c3ccccc3)n2-c2ccc(-c3c4ccccc4c(-c4ccc5ccccc5c4)c4ccccc34)cc2)cc1. The predicted octanol–water partition coefficient (Wildman–Crippen LogP) is 13.5. The van der Waals surface area contributed by atoms with Gasteiger partial charge in [0.2, 0.25) is 0 Å². The molecule has 0 aliphatic heterocycles. The maximum absolute atomic E-state index is 9.57. The summed E-state index contributed by atoms with van der Waals surface area (Å²) in [4.78, 5) is 5.36. The Bertz CT molecular complexity index is 3000. The molecule has 3 heteroatoms. The molecule has 0 saturated heterocycles. The minimum absolute atomic E-state index is 0.615. The van der Waals surface area contributed by atoms with E-state index < -0.39 is 0 Å². The lowest BCUT2D eigenvalue weighted by Crippen LogP contribution is -2.00. The van der Waals surface area contributed by atoms with E-state index in [9.17, 15) is 5.26 Å². The average molecular weight is 700 g/mol. The first kappa shape index (κ1) is 32.1. The van der Waals surface area contributed by atoms with Crippen LogP contribution in [-0.4, -0.2) is 9.55 Å². The van der Waals surface area contributed by atoms with Gasteiger partial charge in [-0.05, 0) is 97.0 Å². The number of hydrogen-bond acceptors (Lipinski definition) is 2. The lowest BCUT2D eigenvalue weighted by atomic mass is 9.85. The van der Waals surface area contributed by atoms with Crippen molar-refractivity contribution in [3.05, 3.63) is 206 Å². The summed E-state index contributed by atoms with van der Waals surface area (Å²) < 4.78 is 2.27. The van der Waals surface area contributed by atoms with Crippen molar-refractivity contribution >= 4 is 32.3 Å². The number of aromatic nitrogens is 2. The number of rotatable bonds is 6. The second kappa shape index (κ2) is 13.5. The van der Waals surface area contributed by atoms with Crippen LogP contribution in [0.3, 0.4) is 0 Å². The molecule has 0 radical (unpaired) electrons. The molecule has 0 aliphatic carbocycles. The van der Waals surface area contributed by atoms with Gasteiger partial charge in [0.05, 0.1) is 23.0 Å². The summed E-state index contributed by atoms with van der Waals surface area (Å²) in [5.74, 6) is 0.811. The summed E-state index contributed by atoms with van der Waals surface area (Å²) in [6, 6.07) is 72.7. The Balaban J connectivity index is 1.19. The lowest BCUT2D eigenvalue weighted by molar-refractivity contribution is 1.07. The van der Waals surface area contributed by atoms with Crippen LogP contribution in [0.5, 0.6) is 0 Å². The van der Waals surface area contributed by atoms with Gasteiger partial charge in [0, 0.05) is 22.4 Å². The fourth-order valence-corrected chi connectivity index (χ4v) is 8.09. The second-order valence-corrected chi connectivity index (χ2v) is 13.8. The van der Waals surface area contributed by atoms with Crippen LogP contribution >= 0.6 is 0 Å². The van der Waals surface area contributed by atoms with Crippen LogP contribution in [0.1, 0.15) is 5.56 Å². The fraction of sp³-hybridized carbons (Fsp3) is 0. The molecule has 0 unspecified atom stereocenters. The van der Waals surface area contributed by atoms with Crippen molar-refractivity contribution in [1.82, 2.24) is 9.55 Å². The summed E-state index contributed by atoms with van der Waals surface area (Å²) in [6.07, 6.45) is 0. The van der Waals surface area contributed by atoms with Crippen LogP contribution in [0.25, 0.3) is 94.2 Å². The molecule has 0 bridgehead atoms. The molecule has 0 spiro atoms. The molecule has 10 rings (SSSR count). The Labute approximate surface area is 319 Å². The van der Waals surface area contributed by atoms with Gasteiger partial charge < -0.3 is 0 Å². The molecule has 0 aliphatic rings. The Morgan fingerprint density at radius 3 is 1.49 bits per heavy atom. The molecule has 9 aromatic carbocycles. The molecule has 1 heterocycles. The molecule has 10 aromatic rings. The molecule has 256 valence electrons. The van der Waals surface area contributed by atoms with E-state index in [1.54, 1.807) is 0 Å². The fourth-order valence-electron chi connectivity index (χ4n) is 8.09. The van der Waals surface area contributed by atoms with E-state index in [-0.39, 0.29) is 0 Å². The number of benzene rings is 9. The van der Waals surface area contributed by atoms with Crippen LogP contribution < -0.4 is 0 Å². The largest absolute Gasteiger partial charge is 0.292 e. The number of fused-ring (bicyclic) bond motifs is 3. The molecule has 0 atom stereocenters. The lowest BCUT2D eigenvalue weighted by Gasteiger charge is -2.19. The predicted molar refractivity (Wildman–Crippen MR) is 228 cm³/mol. The van der Waals surface area contributed by atoms with E-state index in [2.05, 4.69) is 174 Å². The van der Waals surface area contributed by atoms with Crippen molar-refractivity contribution in [3.63, 3.8) is 0 Å². The van der Waals surface area contributed by atoms with Gasteiger partial charge >= 0.3 is 0 Å². The third-order valence-corrected chi connectivity index (χ3v) is 10.6. The molecule has 55 heavy (non-hydrogen) atoms. The molecule has 0 saturated carbocycles. The minimum atomic E-state index is 0.615. The Kier molecular flexibility index (Phi) is 7.86. The van der Waals surface area contributed by atoms with Crippen LogP contribution in [-0.2, 0) is 0 Å². The average Bonchev–Trinajstić information content (AvgIpc) is 3.67. The highest BCUT2D eigenvalue weighted by atomic mass is 15.1. The molecule has 0 amide bonds. The zero-order chi connectivity index (χ0) is 36.7. The van der Waals surface area contributed by atoms with E-state index in [1.165, 1.54) is 49.0 Å². The van der Waals surface area contributed by atoms with Crippen molar-refractivity contribution in [3.8, 4) is 67.9 Å². The number of imidazole rings is 1. The van der Waals surface area contributed by atoms with E-state index in [1.807, 2.05) is 36.4 Å². The van der Waals surface area contributed by atoms with Crippen LogP contribution in [0.4, 0.5) is 0 Å². The van der Waals surface area contributed by atoms with Gasteiger partial charge in [0.25, 0.3) is 0 Å². The molecule has 3 nitrogen and oxygen atoms in total. The van der Waals surface area contributed by atoms with Gasteiger partial charge in [-0.25, -0.2) is 4.98 Å².